The third-order valence-electron chi connectivity index (χ3n) is 2.02. The number of rotatable bonds is 2. The number of halogens is 2. The van der Waals surface area contributed by atoms with Gasteiger partial charge in [-0.1, -0.05) is 35.3 Å². The predicted octanol–water partition coefficient (Wildman–Crippen LogP) is 2.88. The molecule has 0 radical (unpaired) electrons. The lowest BCUT2D eigenvalue weighted by molar-refractivity contribution is 0.272. The molecule has 0 saturated heterocycles. The summed E-state index contributed by atoms with van der Waals surface area (Å²) in [5, 5.41) is 9.84. The van der Waals surface area contributed by atoms with E-state index in [1.807, 2.05) is 12.1 Å². The highest BCUT2D eigenvalue weighted by Crippen LogP contribution is 2.32. The summed E-state index contributed by atoms with van der Waals surface area (Å²) in [6.07, 6.45) is 1.61. The number of imidazole rings is 1. The molecule has 0 amide bonds. The summed E-state index contributed by atoms with van der Waals surface area (Å²) in [5.74, 6) is 0.501. The number of aromatic nitrogens is 2. The van der Waals surface area contributed by atoms with Gasteiger partial charge in [0.15, 0.2) is 0 Å². The average molecular weight is 243 g/mol. The van der Waals surface area contributed by atoms with Crippen LogP contribution in [-0.4, -0.2) is 15.1 Å². The van der Waals surface area contributed by atoms with Crippen molar-refractivity contribution in [1.82, 2.24) is 9.97 Å². The number of aliphatic hydroxyl groups excluding tert-OH is 1. The van der Waals surface area contributed by atoms with Crippen molar-refractivity contribution >= 4 is 23.2 Å². The van der Waals surface area contributed by atoms with E-state index in [1.54, 1.807) is 12.3 Å². The molecule has 0 bridgehead atoms. The summed E-state index contributed by atoms with van der Waals surface area (Å²) >= 11 is 11.9. The molecular formula is C10H8Cl2N2O. The molecule has 1 aromatic heterocycles. The van der Waals surface area contributed by atoms with Gasteiger partial charge in [-0.2, -0.15) is 0 Å². The summed E-state index contributed by atoms with van der Waals surface area (Å²) < 4.78 is 0. The first kappa shape index (κ1) is 10.5. The molecule has 1 aromatic carbocycles. The normalized spacial score (nSPS) is 10.6. The van der Waals surface area contributed by atoms with Gasteiger partial charge in [-0.15, -0.1) is 0 Å². The van der Waals surface area contributed by atoms with Crippen molar-refractivity contribution in [3.05, 3.63) is 40.3 Å². The van der Waals surface area contributed by atoms with Crippen molar-refractivity contribution in [2.45, 2.75) is 6.61 Å². The molecule has 0 aliphatic carbocycles. The van der Waals surface area contributed by atoms with Crippen LogP contribution in [0.5, 0.6) is 0 Å². The Morgan fingerprint density at radius 2 is 2.13 bits per heavy atom. The van der Waals surface area contributed by atoms with Crippen LogP contribution in [0.3, 0.4) is 0 Å². The van der Waals surface area contributed by atoms with Gasteiger partial charge in [0.05, 0.1) is 21.9 Å². The molecule has 0 atom stereocenters. The van der Waals surface area contributed by atoms with Crippen molar-refractivity contribution < 1.29 is 5.11 Å². The SMILES string of the molecule is OCc1ncc(-c2cccc(Cl)c2Cl)[nH]1. The molecule has 0 spiro atoms. The second-order valence-electron chi connectivity index (χ2n) is 3.00. The van der Waals surface area contributed by atoms with Crippen LogP contribution in [0, 0.1) is 0 Å². The molecule has 0 aliphatic heterocycles. The van der Waals surface area contributed by atoms with Gasteiger partial charge in [0.2, 0.25) is 0 Å². The average Bonchev–Trinajstić information content (AvgIpc) is 2.70. The van der Waals surface area contributed by atoms with Gasteiger partial charge in [0, 0.05) is 5.56 Å². The Morgan fingerprint density at radius 3 is 2.80 bits per heavy atom. The Labute approximate surface area is 96.7 Å². The van der Waals surface area contributed by atoms with E-state index in [0.29, 0.717) is 15.9 Å². The molecule has 3 nitrogen and oxygen atoms in total. The summed E-state index contributed by atoms with van der Waals surface area (Å²) in [5.41, 5.74) is 1.52. The predicted molar refractivity (Wildman–Crippen MR) is 60.0 cm³/mol. The number of nitrogens with one attached hydrogen (secondary N) is 1. The summed E-state index contributed by atoms with van der Waals surface area (Å²) in [7, 11) is 0. The Kier molecular flexibility index (Phi) is 2.95. The third-order valence-corrected chi connectivity index (χ3v) is 2.84. The summed E-state index contributed by atoms with van der Waals surface area (Å²) in [4.78, 5) is 6.92. The zero-order valence-corrected chi connectivity index (χ0v) is 9.18. The number of aromatic amines is 1. The molecule has 1 heterocycles. The molecular weight excluding hydrogens is 235 g/mol. The Morgan fingerprint density at radius 1 is 1.33 bits per heavy atom. The van der Waals surface area contributed by atoms with Crippen molar-refractivity contribution in [2.24, 2.45) is 0 Å². The topological polar surface area (TPSA) is 48.9 Å². The first-order valence-corrected chi connectivity index (χ1v) is 5.07. The first-order chi connectivity index (χ1) is 7.22. The summed E-state index contributed by atoms with van der Waals surface area (Å²) in [6.45, 7) is -0.127. The molecule has 0 fully saturated rings. The number of hydrogen-bond acceptors (Lipinski definition) is 2. The van der Waals surface area contributed by atoms with E-state index >= 15 is 0 Å². The largest absolute Gasteiger partial charge is 0.388 e. The van der Waals surface area contributed by atoms with Gasteiger partial charge >= 0.3 is 0 Å². The van der Waals surface area contributed by atoms with Crippen LogP contribution in [0.25, 0.3) is 11.3 Å². The highest BCUT2D eigenvalue weighted by atomic mass is 35.5. The number of benzene rings is 1. The Bertz CT molecular complexity index is 482. The maximum absolute atomic E-state index is 8.87. The van der Waals surface area contributed by atoms with Crippen LogP contribution in [-0.2, 0) is 6.61 Å². The van der Waals surface area contributed by atoms with Crippen molar-refractivity contribution in [2.75, 3.05) is 0 Å². The molecule has 2 N–H and O–H groups in total. The van der Waals surface area contributed by atoms with E-state index < -0.39 is 0 Å². The molecule has 0 unspecified atom stereocenters. The minimum atomic E-state index is -0.127. The van der Waals surface area contributed by atoms with Crippen LogP contribution in [0.2, 0.25) is 10.0 Å². The molecule has 2 aromatic rings. The highest BCUT2D eigenvalue weighted by Gasteiger charge is 2.08. The first-order valence-electron chi connectivity index (χ1n) is 4.31. The second-order valence-corrected chi connectivity index (χ2v) is 3.79. The third kappa shape index (κ3) is 2.00. The molecule has 2 rings (SSSR count). The van der Waals surface area contributed by atoms with E-state index in [2.05, 4.69) is 9.97 Å². The molecule has 15 heavy (non-hydrogen) atoms. The fourth-order valence-electron chi connectivity index (χ4n) is 1.29. The lowest BCUT2D eigenvalue weighted by Gasteiger charge is -2.02. The number of hydrogen-bond donors (Lipinski definition) is 2. The van der Waals surface area contributed by atoms with E-state index in [-0.39, 0.29) is 6.61 Å². The highest BCUT2D eigenvalue weighted by molar-refractivity contribution is 6.43. The molecule has 0 aliphatic rings. The monoisotopic (exact) mass is 242 g/mol. The van der Waals surface area contributed by atoms with Crippen molar-refractivity contribution in [3.63, 3.8) is 0 Å². The zero-order valence-electron chi connectivity index (χ0n) is 7.67. The van der Waals surface area contributed by atoms with E-state index in [9.17, 15) is 0 Å². The minimum Gasteiger partial charge on any atom is -0.388 e. The van der Waals surface area contributed by atoms with Crippen molar-refractivity contribution in [1.29, 1.82) is 0 Å². The van der Waals surface area contributed by atoms with E-state index in [1.165, 1.54) is 0 Å². The zero-order chi connectivity index (χ0) is 10.8. The summed E-state index contributed by atoms with van der Waals surface area (Å²) in [6, 6.07) is 5.36. The Balaban J connectivity index is 2.49. The van der Waals surface area contributed by atoms with Gasteiger partial charge in [-0.25, -0.2) is 4.98 Å². The molecule has 5 heteroatoms. The quantitative estimate of drug-likeness (QED) is 0.851. The van der Waals surface area contributed by atoms with Gasteiger partial charge in [-0.3, -0.25) is 0 Å². The Hall–Kier alpha value is -1.03. The van der Waals surface area contributed by atoms with Gasteiger partial charge in [0.1, 0.15) is 12.4 Å². The van der Waals surface area contributed by atoms with Gasteiger partial charge in [0.25, 0.3) is 0 Å². The smallest absolute Gasteiger partial charge is 0.132 e. The number of H-pyrrole nitrogens is 1. The second kappa shape index (κ2) is 4.23. The lowest BCUT2D eigenvalue weighted by Crippen LogP contribution is -1.85. The minimum absolute atomic E-state index is 0.127. The van der Waals surface area contributed by atoms with Crippen LogP contribution in [0.1, 0.15) is 5.82 Å². The number of aliphatic hydroxyl groups is 1. The van der Waals surface area contributed by atoms with E-state index in [4.69, 9.17) is 28.3 Å². The van der Waals surface area contributed by atoms with Crippen LogP contribution in [0.4, 0.5) is 0 Å². The molecule has 0 saturated carbocycles. The van der Waals surface area contributed by atoms with Crippen LogP contribution < -0.4 is 0 Å². The lowest BCUT2D eigenvalue weighted by atomic mass is 10.2. The van der Waals surface area contributed by atoms with Crippen LogP contribution in [0.15, 0.2) is 24.4 Å². The van der Waals surface area contributed by atoms with Gasteiger partial charge < -0.3 is 10.1 Å². The fraction of sp³-hybridized carbons (Fsp3) is 0.100. The molecule has 78 valence electrons. The standard InChI is InChI=1S/C10H8Cl2N2O/c11-7-3-1-2-6(10(7)12)8-4-13-9(5-15)14-8/h1-4,15H,5H2,(H,13,14). The van der Waals surface area contributed by atoms with Crippen LogP contribution >= 0.6 is 23.2 Å². The maximum Gasteiger partial charge on any atom is 0.132 e. The maximum atomic E-state index is 8.87. The van der Waals surface area contributed by atoms with Gasteiger partial charge in [-0.05, 0) is 6.07 Å². The van der Waals surface area contributed by atoms with E-state index in [0.717, 1.165) is 11.3 Å². The van der Waals surface area contributed by atoms with Crippen molar-refractivity contribution in [3.8, 4) is 11.3 Å². The number of nitrogens with zero attached hydrogens (tertiary/aromatic N) is 1. The fourth-order valence-corrected chi connectivity index (χ4v) is 1.69.